The lowest BCUT2D eigenvalue weighted by atomic mass is 10.2. The van der Waals surface area contributed by atoms with Crippen LogP contribution in [0.3, 0.4) is 0 Å². The fourth-order valence-electron chi connectivity index (χ4n) is 2.73. The minimum absolute atomic E-state index is 0.106. The van der Waals surface area contributed by atoms with E-state index in [1.807, 2.05) is 18.2 Å². The number of nitrogens with one attached hydrogen (secondary N) is 1. The van der Waals surface area contributed by atoms with Crippen LogP contribution in [0, 0.1) is 0 Å². The van der Waals surface area contributed by atoms with Gasteiger partial charge in [0, 0.05) is 28.2 Å². The SMILES string of the molecule is O=S(=O)(Nc1cc(Cl)cc2cccnc12)c1cccc2cccnc12. The van der Waals surface area contributed by atoms with Crippen LogP contribution in [0.25, 0.3) is 21.8 Å². The van der Waals surface area contributed by atoms with Gasteiger partial charge in [0.15, 0.2) is 0 Å². The molecule has 0 aliphatic carbocycles. The summed E-state index contributed by atoms with van der Waals surface area (Å²) < 4.78 is 28.5. The molecule has 0 saturated heterocycles. The highest BCUT2D eigenvalue weighted by Crippen LogP contribution is 2.29. The summed E-state index contributed by atoms with van der Waals surface area (Å²) in [6.07, 6.45) is 3.17. The second kappa shape index (κ2) is 5.98. The Hall–Kier alpha value is -2.70. The molecule has 124 valence electrons. The standard InChI is InChI=1S/C18H12ClN3O2S/c19-14-10-13-6-3-8-20-17(13)15(11-14)22-25(23,24)16-7-1-4-12-5-2-9-21-18(12)16/h1-11,22H. The van der Waals surface area contributed by atoms with Crippen molar-refractivity contribution >= 4 is 49.1 Å². The Labute approximate surface area is 149 Å². The lowest BCUT2D eigenvalue weighted by Gasteiger charge is -2.12. The van der Waals surface area contributed by atoms with Crippen LogP contribution in [0.5, 0.6) is 0 Å². The van der Waals surface area contributed by atoms with Crippen molar-refractivity contribution in [1.82, 2.24) is 9.97 Å². The van der Waals surface area contributed by atoms with Gasteiger partial charge in [-0.15, -0.1) is 0 Å². The van der Waals surface area contributed by atoms with E-state index in [0.717, 1.165) is 10.8 Å². The van der Waals surface area contributed by atoms with Gasteiger partial charge in [-0.25, -0.2) is 8.42 Å². The monoisotopic (exact) mass is 369 g/mol. The molecular weight excluding hydrogens is 358 g/mol. The van der Waals surface area contributed by atoms with Crippen molar-refractivity contribution in [2.45, 2.75) is 4.90 Å². The van der Waals surface area contributed by atoms with Gasteiger partial charge < -0.3 is 0 Å². The summed E-state index contributed by atoms with van der Waals surface area (Å²) in [7, 11) is -3.86. The smallest absolute Gasteiger partial charge is 0.264 e. The van der Waals surface area contributed by atoms with Crippen molar-refractivity contribution < 1.29 is 8.42 Å². The number of pyridine rings is 2. The zero-order valence-electron chi connectivity index (χ0n) is 12.8. The Morgan fingerprint density at radius 3 is 2.32 bits per heavy atom. The third kappa shape index (κ3) is 2.90. The Morgan fingerprint density at radius 1 is 0.840 bits per heavy atom. The summed E-state index contributed by atoms with van der Waals surface area (Å²) in [6, 6.07) is 15.5. The van der Waals surface area contributed by atoms with Gasteiger partial charge in [0.25, 0.3) is 10.0 Å². The molecule has 2 aromatic heterocycles. The number of benzene rings is 2. The highest BCUT2D eigenvalue weighted by atomic mass is 35.5. The average Bonchev–Trinajstić information content (AvgIpc) is 2.61. The first kappa shape index (κ1) is 15.8. The summed E-state index contributed by atoms with van der Waals surface area (Å²) in [6.45, 7) is 0. The molecule has 0 aliphatic rings. The minimum Gasteiger partial charge on any atom is -0.277 e. The molecule has 5 nitrogen and oxygen atoms in total. The summed E-state index contributed by atoms with van der Waals surface area (Å²) in [5, 5.41) is 1.93. The Kier molecular flexibility index (Phi) is 3.78. The van der Waals surface area contributed by atoms with Crippen molar-refractivity contribution in [3.8, 4) is 0 Å². The topological polar surface area (TPSA) is 72.0 Å². The van der Waals surface area contributed by atoms with Gasteiger partial charge in [0.2, 0.25) is 0 Å². The van der Waals surface area contributed by atoms with E-state index in [9.17, 15) is 8.42 Å². The van der Waals surface area contributed by atoms with E-state index in [1.54, 1.807) is 42.7 Å². The second-order valence-corrected chi connectivity index (χ2v) is 7.55. The maximum Gasteiger partial charge on any atom is 0.264 e. The van der Waals surface area contributed by atoms with Gasteiger partial charge in [-0.05, 0) is 30.3 Å². The van der Waals surface area contributed by atoms with Crippen molar-refractivity contribution in [3.05, 3.63) is 72.0 Å². The number of fused-ring (bicyclic) bond motifs is 2. The Bertz CT molecular complexity index is 1200. The summed E-state index contributed by atoms with van der Waals surface area (Å²) in [5.41, 5.74) is 1.27. The van der Waals surface area contributed by atoms with E-state index >= 15 is 0 Å². The Balaban J connectivity index is 1.88. The number of nitrogens with zero attached hydrogens (tertiary/aromatic N) is 2. The van der Waals surface area contributed by atoms with Crippen LogP contribution in [-0.2, 0) is 10.0 Å². The van der Waals surface area contributed by atoms with E-state index in [-0.39, 0.29) is 4.90 Å². The molecule has 1 N–H and O–H groups in total. The molecule has 25 heavy (non-hydrogen) atoms. The highest BCUT2D eigenvalue weighted by molar-refractivity contribution is 7.93. The van der Waals surface area contributed by atoms with Crippen molar-refractivity contribution in [1.29, 1.82) is 0 Å². The van der Waals surface area contributed by atoms with Gasteiger partial charge in [0.1, 0.15) is 4.90 Å². The van der Waals surface area contributed by atoms with Crippen LogP contribution < -0.4 is 4.72 Å². The Morgan fingerprint density at radius 2 is 1.52 bits per heavy atom. The first-order chi connectivity index (χ1) is 12.0. The molecule has 0 amide bonds. The van der Waals surface area contributed by atoms with E-state index in [1.165, 1.54) is 6.07 Å². The van der Waals surface area contributed by atoms with Gasteiger partial charge in [0.05, 0.1) is 16.7 Å². The molecule has 4 rings (SSSR count). The molecule has 2 aromatic carbocycles. The lowest BCUT2D eigenvalue weighted by molar-refractivity contribution is 0.602. The fraction of sp³-hybridized carbons (Fsp3) is 0. The van der Waals surface area contributed by atoms with Gasteiger partial charge in [-0.3, -0.25) is 14.7 Å². The summed E-state index contributed by atoms with van der Waals surface area (Å²) >= 11 is 6.12. The number of hydrogen-bond acceptors (Lipinski definition) is 4. The summed E-state index contributed by atoms with van der Waals surface area (Å²) in [4.78, 5) is 8.58. The van der Waals surface area contributed by atoms with Crippen molar-refractivity contribution in [3.63, 3.8) is 0 Å². The zero-order chi connectivity index (χ0) is 17.4. The third-order valence-electron chi connectivity index (χ3n) is 3.80. The predicted octanol–water partition coefficient (Wildman–Crippen LogP) is 4.24. The van der Waals surface area contributed by atoms with Gasteiger partial charge in [-0.1, -0.05) is 35.9 Å². The van der Waals surface area contributed by atoms with Crippen LogP contribution in [0.4, 0.5) is 5.69 Å². The van der Waals surface area contributed by atoms with E-state index in [0.29, 0.717) is 21.7 Å². The maximum atomic E-state index is 12.9. The number of rotatable bonds is 3. The van der Waals surface area contributed by atoms with Crippen molar-refractivity contribution in [2.24, 2.45) is 0 Å². The molecule has 0 bridgehead atoms. The molecule has 0 atom stereocenters. The lowest BCUT2D eigenvalue weighted by Crippen LogP contribution is -2.14. The van der Waals surface area contributed by atoms with E-state index < -0.39 is 10.0 Å². The molecule has 2 heterocycles. The van der Waals surface area contributed by atoms with Crippen LogP contribution in [-0.4, -0.2) is 18.4 Å². The predicted molar refractivity (Wildman–Crippen MR) is 99.3 cm³/mol. The highest BCUT2D eigenvalue weighted by Gasteiger charge is 2.20. The quantitative estimate of drug-likeness (QED) is 0.586. The minimum atomic E-state index is -3.86. The molecule has 0 saturated carbocycles. The molecule has 0 spiro atoms. The molecule has 0 fully saturated rings. The zero-order valence-corrected chi connectivity index (χ0v) is 14.4. The number of halogens is 1. The fourth-order valence-corrected chi connectivity index (χ4v) is 4.19. The first-order valence-corrected chi connectivity index (χ1v) is 9.31. The molecule has 0 unspecified atom stereocenters. The van der Waals surface area contributed by atoms with Crippen LogP contribution >= 0.6 is 11.6 Å². The maximum absolute atomic E-state index is 12.9. The summed E-state index contributed by atoms with van der Waals surface area (Å²) in [5.74, 6) is 0. The second-order valence-electron chi connectivity index (χ2n) is 5.47. The van der Waals surface area contributed by atoms with Gasteiger partial charge >= 0.3 is 0 Å². The van der Waals surface area contributed by atoms with Gasteiger partial charge in [-0.2, -0.15) is 0 Å². The molecular formula is C18H12ClN3O2S. The van der Waals surface area contributed by atoms with Crippen LogP contribution in [0.1, 0.15) is 0 Å². The molecule has 0 aliphatic heterocycles. The average molecular weight is 370 g/mol. The van der Waals surface area contributed by atoms with Crippen molar-refractivity contribution in [2.75, 3.05) is 4.72 Å². The number of sulfonamides is 1. The number of para-hydroxylation sites is 1. The van der Waals surface area contributed by atoms with E-state index in [2.05, 4.69) is 14.7 Å². The largest absolute Gasteiger partial charge is 0.277 e. The molecule has 0 radical (unpaired) electrons. The molecule has 7 heteroatoms. The normalized spacial score (nSPS) is 11.7. The molecule has 4 aromatic rings. The first-order valence-electron chi connectivity index (χ1n) is 7.45. The van der Waals surface area contributed by atoms with Crippen LogP contribution in [0.2, 0.25) is 5.02 Å². The number of aromatic nitrogens is 2. The number of hydrogen-bond donors (Lipinski definition) is 1. The van der Waals surface area contributed by atoms with Crippen LogP contribution in [0.15, 0.2) is 71.9 Å². The third-order valence-corrected chi connectivity index (χ3v) is 5.41. The van der Waals surface area contributed by atoms with E-state index in [4.69, 9.17) is 11.6 Å². The number of anilines is 1.